The van der Waals surface area contributed by atoms with Crippen LogP contribution in [0.2, 0.25) is 0 Å². The second-order valence-corrected chi connectivity index (χ2v) is 3.52. The van der Waals surface area contributed by atoms with Gasteiger partial charge in [0.1, 0.15) is 6.54 Å². The number of rotatable bonds is 4. The fourth-order valence-corrected chi connectivity index (χ4v) is 1.45. The van der Waals surface area contributed by atoms with Gasteiger partial charge in [-0.2, -0.15) is 26.3 Å². The zero-order chi connectivity index (χ0) is 13.9. The molecule has 0 aromatic rings. The standard InChI is InChI=1S/C9H13F6NO/c1-3-6(4-2)16(5-8(10,11)12)7(17)9(13,14)15/h6H,3-5H2,1-2H3. The summed E-state index contributed by atoms with van der Waals surface area (Å²) in [6.07, 6.45) is -10.1. The van der Waals surface area contributed by atoms with E-state index < -0.39 is 30.8 Å². The minimum absolute atomic E-state index is 0.0361. The Morgan fingerprint density at radius 2 is 1.47 bits per heavy atom. The van der Waals surface area contributed by atoms with E-state index in [0.29, 0.717) is 0 Å². The summed E-state index contributed by atoms with van der Waals surface area (Å²) in [6.45, 7) is 0.986. The van der Waals surface area contributed by atoms with Crippen LogP contribution in [-0.4, -0.2) is 35.7 Å². The SMILES string of the molecule is CCC(CC)N(CC(F)(F)F)C(=O)C(F)(F)F. The third-order valence-electron chi connectivity index (χ3n) is 2.24. The first-order valence-electron chi connectivity index (χ1n) is 4.97. The summed E-state index contributed by atoms with van der Waals surface area (Å²) >= 11 is 0. The molecule has 0 spiro atoms. The molecular formula is C9H13F6NO. The Hall–Kier alpha value is -0.950. The second kappa shape index (κ2) is 5.59. The Morgan fingerprint density at radius 1 is 1.06 bits per heavy atom. The van der Waals surface area contributed by atoms with Crippen LogP contribution in [0.15, 0.2) is 0 Å². The van der Waals surface area contributed by atoms with E-state index in [9.17, 15) is 31.1 Å². The van der Waals surface area contributed by atoms with Crippen molar-refractivity contribution in [3.63, 3.8) is 0 Å². The molecule has 17 heavy (non-hydrogen) atoms. The maximum absolute atomic E-state index is 12.1. The van der Waals surface area contributed by atoms with Crippen LogP contribution >= 0.6 is 0 Å². The largest absolute Gasteiger partial charge is 0.471 e. The van der Waals surface area contributed by atoms with Crippen LogP contribution in [0.3, 0.4) is 0 Å². The lowest BCUT2D eigenvalue weighted by molar-refractivity contribution is -0.202. The van der Waals surface area contributed by atoms with Crippen molar-refractivity contribution in [2.24, 2.45) is 0 Å². The lowest BCUT2D eigenvalue weighted by Gasteiger charge is -2.31. The lowest BCUT2D eigenvalue weighted by Crippen LogP contribution is -2.50. The van der Waals surface area contributed by atoms with Gasteiger partial charge in [0.2, 0.25) is 0 Å². The molecule has 0 saturated heterocycles. The summed E-state index contributed by atoms with van der Waals surface area (Å²) in [4.78, 5) is 10.7. The molecule has 0 atom stereocenters. The molecule has 0 fully saturated rings. The molecule has 102 valence electrons. The summed E-state index contributed by atoms with van der Waals surface area (Å²) in [5.41, 5.74) is 0. The molecule has 0 aromatic carbocycles. The van der Waals surface area contributed by atoms with Gasteiger partial charge in [-0.3, -0.25) is 4.79 Å². The van der Waals surface area contributed by atoms with E-state index in [0.717, 1.165) is 0 Å². The molecule has 0 heterocycles. The van der Waals surface area contributed by atoms with E-state index in [1.165, 1.54) is 13.8 Å². The van der Waals surface area contributed by atoms with Gasteiger partial charge in [0.15, 0.2) is 0 Å². The maximum atomic E-state index is 12.1. The fourth-order valence-electron chi connectivity index (χ4n) is 1.45. The number of nitrogens with zero attached hydrogens (tertiary/aromatic N) is 1. The van der Waals surface area contributed by atoms with Crippen LogP contribution in [0.25, 0.3) is 0 Å². The van der Waals surface area contributed by atoms with Crippen LogP contribution in [0, 0.1) is 0 Å². The molecule has 0 bridgehead atoms. The van der Waals surface area contributed by atoms with Gasteiger partial charge in [-0.25, -0.2) is 0 Å². The predicted octanol–water partition coefficient (Wildman–Crippen LogP) is 3.13. The summed E-state index contributed by atoms with van der Waals surface area (Å²) < 4.78 is 72.8. The van der Waals surface area contributed by atoms with Crippen molar-refractivity contribution in [3.8, 4) is 0 Å². The van der Waals surface area contributed by atoms with Crippen molar-refractivity contribution in [1.82, 2.24) is 4.90 Å². The van der Waals surface area contributed by atoms with Crippen LogP contribution in [0.4, 0.5) is 26.3 Å². The van der Waals surface area contributed by atoms with Gasteiger partial charge in [0.25, 0.3) is 0 Å². The van der Waals surface area contributed by atoms with Gasteiger partial charge in [0.05, 0.1) is 0 Å². The fraction of sp³-hybridized carbons (Fsp3) is 0.889. The Balaban J connectivity index is 5.04. The van der Waals surface area contributed by atoms with Crippen LogP contribution in [0.1, 0.15) is 26.7 Å². The van der Waals surface area contributed by atoms with Crippen molar-refractivity contribution in [3.05, 3.63) is 0 Å². The third kappa shape index (κ3) is 5.27. The van der Waals surface area contributed by atoms with Crippen molar-refractivity contribution < 1.29 is 31.1 Å². The minimum atomic E-state index is -5.28. The minimum Gasteiger partial charge on any atom is -0.323 e. The first-order valence-corrected chi connectivity index (χ1v) is 4.97. The van der Waals surface area contributed by atoms with Gasteiger partial charge < -0.3 is 4.90 Å². The smallest absolute Gasteiger partial charge is 0.323 e. The molecule has 0 saturated carbocycles. The zero-order valence-electron chi connectivity index (χ0n) is 9.32. The molecule has 0 unspecified atom stereocenters. The quantitative estimate of drug-likeness (QED) is 0.715. The molecule has 1 amide bonds. The number of carbonyl (C=O) groups is 1. The van der Waals surface area contributed by atoms with E-state index in [2.05, 4.69) is 0 Å². The average molecular weight is 265 g/mol. The summed E-state index contributed by atoms with van der Waals surface area (Å²) in [6, 6.07) is -1.06. The number of hydrogen-bond acceptors (Lipinski definition) is 1. The second-order valence-electron chi connectivity index (χ2n) is 3.52. The molecular weight excluding hydrogens is 252 g/mol. The lowest BCUT2D eigenvalue weighted by atomic mass is 10.1. The van der Waals surface area contributed by atoms with E-state index in [1.807, 2.05) is 0 Å². The third-order valence-corrected chi connectivity index (χ3v) is 2.24. The molecule has 0 aromatic heterocycles. The molecule has 0 aliphatic rings. The first kappa shape index (κ1) is 16.1. The van der Waals surface area contributed by atoms with Crippen LogP contribution < -0.4 is 0 Å². The Bertz CT molecular complexity index is 255. The average Bonchev–Trinajstić information content (AvgIpc) is 2.13. The molecule has 2 nitrogen and oxygen atoms in total. The highest BCUT2D eigenvalue weighted by atomic mass is 19.4. The Morgan fingerprint density at radius 3 is 1.71 bits per heavy atom. The zero-order valence-corrected chi connectivity index (χ0v) is 9.32. The highest BCUT2D eigenvalue weighted by Crippen LogP contribution is 2.26. The first-order chi connectivity index (χ1) is 7.53. The number of carbonyl (C=O) groups excluding carboxylic acids is 1. The molecule has 0 rings (SSSR count). The van der Waals surface area contributed by atoms with Crippen molar-refractivity contribution >= 4 is 5.91 Å². The van der Waals surface area contributed by atoms with E-state index in [4.69, 9.17) is 0 Å². The van der Waals surface area contributed by atoms with Crippen LogP contribution in [0.5, 0.6) is 0 Å². The Kier molecular flexibility index (Phi) is 5.28. The highest BCUT2D eigenvalue weighted by Gasteiger charge is 2.47. The molecule has 0 aliphatic carbocycles. The highest BCUT2D eigenvalue weighted by molar-refractivity contribution is 5.82. The topological polar surface area (TPSA) is 20.3 Å². The van der Waals surface area contributed by atoms with E-state index >= 15 is 0 Å². The molecule has 0 radical (unpaired) electrons. The van der Waals surface area contributed by atoms with Crippen molar-refractivity contribution in [2.45, 2.75) is 45.1 Å². The summed E-state index contributed by atoms with van der Waals surface area (Å²) in [7, 11) is 0. The van der Waals surface area contributed by atoms with Gasteiger partial charge in [-0.15, -0.1) is 0 Å². The maximum Gasteiger partial charge on any atom is 0.471 e. The normalized spacial score (nSPS) is 13.0. The van der Waals surface area contributed by atoms with Crippen LogP contribution in [-0.2, 0) is 4.79 Å². The number of alkyl halides is 6. The Labute approximate surface area is 94.6 Å². The molecule has 8 heteroatoms. The van der Waals surface area contributed by atoms with Gasteiger partial charge in [-0.1, -0.05) is 13.8 Å². The summed E-state index contributed by atoms with van der Waals surface area (Å²) in [5.74, 6) is -2.44. The van der Waals surface area contributed by atoms with Gasteiger partial charge in [-0.05, 0) is 12.8 Å². The summed E-state index contributed by atoms with van der Waals surface area (Å²) in [5, 5.41) is 0. The van der Waals surface area contributed by atoms with E-state index in [-0.39, 0.29) is 17.7 Å². The van der Waals surface area contributed by atoms with Gasteiger partial charge in [0, 0.05) is 6.04 Å². The van der Waals surface area contributed by atoms with E-state index in [1.54, 1.807) is 0 Å². The van der Waals surface area contributed by atoms with Gasteiger partial charge >= 0.3 is 18.3 Å². The molecule has 0 N–H and O–H groups in total. The number of halogens is 6. The number of amides is 1. The predicted molar refractivity (Wildman–Crippen MR) is 48.2 cm³/mol. The van der Waals surface area contributed by atoms with Crippen molar-refractivity contribution in [2.75, 3.05) is 6.54 Å². The molecule has 0 aliphatic heterocycles. The monoisotopic (exact) mass is 265 g/mol. The number of hydrogen-bond donors (Lipinski definition) is 0. The van der Waals surface area contributed by atoms with Crippen molar-refractivity contribution in [1.29, 1.82) is 0 Å².